The zero-order chi connectivity index (χ0) is 15.3. The molecule has 1 aliphatic carbocycles. The first kappa shape index (κ1) is 14.9. The van der Waals surface area contributed by atoms with Crippen LogP contribution in [0.15, 0.2) is 12.1 Å². The molecule has 0 bridgehead atoms. The van der Waals surface area contributed by atoms with Crippen LogP contribution in [0.4, 0.5) is 5.95 Å². The fourth-order valence-electron chi connectivity index (χ4n) is 2.99. The first-order chi connectivity index (χ1) is 9.93. The fourth-order valence-corrected chi connectivity index (χ4v) is 3.31. The highest BCUT2D eigenvalue weighted by Crippen LogP contribution is 2.39. The number of aliphatic hydroxyl groups is 3. The summed E-state index contributed by atoms with van der Waals surface area (Å²) < 4.78 is 1.64. The van der Waals surface area contributed by atoms with E-state index in [-0.39, 0.29) is 12.6 Å². The SMILES string of the molecule is Nc1nc2cc(Cl)c(Cl)cc2n1[C@H]1CC(CO)C(O)C1O. The van der Waals surface area contributed by atoms with E-state index in [4.69, 9.17) is 28.9 Å². The quantitative estimate of drug-likeness (QED) is 0.661. The van der Waals surface area contributed by atoms with Gasteiger partial charge in [-0.15, -0.1) is 0 Å². The Kier molecular flexibility index (Phi) is 3.75. The molecule has 6 nitrogen and oxygen atoms in total. The zero-order valence-corrected chi connectivity index (χ0v) is 12.5. The van der Waals surface area contributed by atoms with Crippen LogP contribution < -0.4 is 5.73 Å². The molecule has 1 aromatic carbocycles. The van der Waals surface area contributed by atoms with E-state index >= 15 is 0 Å². The highest BCUT2D eigenvalue weighted by molar-refractivity contribution is 6.42. The maximum Gasteiger partial charge on any atom is 0.201 e. The van der Waals surface area contributed by atoms with Gasteiger partial charge in [0, 0.05) is 12.5 Å². The topological polar surface area (TPSA) is 105 Å². The van der Waals surface area contributed by atoms with Crippen molar-refractivity contribution >= 4 is 40.2 Å². The summed E-state index contributed by atoms with van der Waals surface area (Å²) in [5, 5.41) is 30.2. The normalized spacial score (nSPS) is 29.4. The molecule has 5 N–H and O–H groups in total. The van der Waals surface area contributed by atoms with Crippen molar-refractivity contribution in [2.24, 2.45) is 5.92 Å². The van der Waals surface area contributed by atoms with E-state index in [0.29, 0.717) is 27.5 Å². The lowest BCUT2D eigenvalue weighted by Gasteiger charge is -2.20. The maximum absolute atomic E-state index is 10.2. The summed E-state index contributed by atoms with van der Waals surface area (Å²) in [6, 6.07) is 2.76. The van der Waals surface area contributed by atoms with Crippen LogP contribution in [0.25, 0.3) is 11.0 Å². The predicted octanol–water partition coefficient (Wildman–Crippen LogP) is 1.20. The number of nitrogen functional groups attached to an aromatic ring is 1. The van der Waals surface area contributed by atoms with E-state index in [1.807, 2.05) is 0 Å². The molecule has 1 fully saturated rings. The molecule has 21 heavy (non-hydrogen) atoms. The van der Waals surface area contributed by atoms with Gasteiger partial charge in [-0.1, -0.05) is 23.2 Å². The molecule has 4 atom stereocenters. The smallest absolute Gasteiger partial charge is 0.201 e. The third-order valence-electron chi connectivity index (χ3n) is 4.10. The van der Waals surface area contributed by atoms with Crippen LogP contribution in [0, 0.1) is 5.92 Å². The third-order valence-corrected chi connectivity index (χ3v) is 4.82. The van der Waals surface area contributed by atoms with Crippen LogP contribution in [-0.2, 0) is 0 Å². The summed E-state index contributed by atoms with van der Waals surface area (Å²) in [5.41, 5.74) is 7.14. The average Bonchev–Trinajstić information content (AvgIpc) is 2.89. The van der Waals surface area contributed by atoms with E-state index in [1.54, 1.807) is 16.7 Å². The lowest BCUT2D eigenvalue weighted by atomic mass is 10.1. The first-order valence-electron chi connectivity index (χ1n) is 6.53. The zero-order valence-electron chi connectivity index (χ0n) is 10.9. The molecule has 1 aliphatic rings. The lowest BCUT2D eigenvalue weighted by Crippen LogP contribution is -2.30. The molecular weight excluding hydrogens is 317 g/mol. The standard InChI is InChI=1S/C13H15Cl2N3O3/c14-6-2-8-9(3-7(6)15)18(13(16)17-8)10-1-5(4-19)11(20)12(10)21/h2-3,5,10-12,19-21H,1,4H2,(H2,16,17)/t5?,10-,11?,12?/m0/s1. The number of rotatable bonds is 2. The van der Waals surface area contributed by atoms with Gasteiger partial charge in [0.1, 0.15) is 6.10 Å². The van der Waals surface area contributed by atoms with Gasteiger partial charge in [0.05, 0.1) is 33.2 Å². The number of benzene rings is 1. The summed E-state index contributed by atoms with van der Waals surface area (Å²) in [6.07, 6.45) is -1.63. The van der Waals surface area contributed by atoms with E-state index in [0.717, 1.165) is 0 Å². The second-order valence-corrected chi connectivity index (χ2v) is 6.14. The minimum atomic E-state index is -1.03. The van der Waals surface area contributed by atoms with E-state index in [2.05, 4.69) is 4.98 Å². The Labute approximate surface area is 130 Å². The monoisotopic (exact) mass is 331 g/mol. The molecule has 0 spiro atoms. The van der Waals surface area contributed by atoms with E-state index < -0.39 is 24.2 Å². The van der Waals surface area contributed by atoms with Crippen LogP contribution in [0.2, 0.25) is 10.0 Å². The minimum absolute atomic E-state index is 0.201. The minimum Gasteiger partial charge on any atom is -0.396 e. The molecule has 114 valence electrons. The van der Waals surface area contributed by atoms with Gasteiger partial charge in [-0.25, -0.2) is 4.98 Å². The highest BCUT2D eigenvalue weighted by Gasteiger charge is 2.43. The molecule has 0 aliphatic heterocycles. The van der Waals surface area contributed by atoms with Crippen molar-refractivity contribution in [3.8, 4) is 0 Å². The van der Waals surface area contributed by atoms with Crippen molar-refractivity contribution in [2.45, 2.75) is 24.7 Å². The molecule has 8 heteroatoms. The number of fused-ring (bicyclic) bond motifs is 1. The number of nitrogens with two attached hydrogens (primary N) is 1. The molecule has 1 aromatic heterocycles. The Morgan fingerprint density at radius 3 is 2.52 bits per heavy atom. The van der Waals surface area contributed by atoms with Crippen molar-refractivity contribution in [3.63, 3.8) is 0 Å². The molecule has 3 unspecified atom stereocenters. The van der Waals surface area contributed by atoms with Crippen molar-refractivity contribution < 1.29 is 15.3 Å². The number of halogens is 2. The lowest BCUT2D eigenvalue weighted by molar-refractivity contribution is -0.00343. The highest BCUT2D eigenvalue weighted by atomic mass is 35.5. The van der Waals surface area contributed by atoms with Gasteiger partial charge in [0.25, 0.3) is 0 Å². The van der Waals surface area contributed by atoms with Gasteiger partial charge in [-0.05, 0) is 18.6 Å². The molecule has 2 aromatic rings. The Morgan fingerprint density at radius 2 is 1.90 bits per heavy atom. The fraction of sp³-hybridized carbons (Fsp3) is 0.462. The van der Waals surface area contributed by atoms with E-state index in [1.165, 1.54) is 0 Å². The van der Waals surface area contributed by atoms with Crippen molar-refractivity contribution in [1.29, 1.82) is 0 Å². The molecule has 3 rings (SSSR count). The molecule has 0 radical (unpaired) electrons. The summed E-state index contributed by atoms with van der Waals surface area (Å²) >= 11 is 12.0. The van der Waals surface area contributed by atoms with Crippen LogP contribution in [0.5, 0.6) is 0 Å². The number of aromatic nitrogens is 2. The van der Waals surface area contributed by atoms with Gasteiger partial charge in [0.2, 0.25) is 5.95 Å². The molecule has 1 saturated carbocycles. The number of hydrogen-bond acceptors (Lipinski definition) is 5. The number of aliphatic hydroxyl groups excluding tert-OH is 3. The van der Waals surface area contributed by atoms with Gasteiger partial charge < -0.3 is 25.6 Å². The Morgan fingerprint density at radius 1 is 1.24 bits per heavy atom. The van der Waals surface area contributed by atoms with Crippen LogP contribution >= 0.6 is 23.2 Å². The second kappa shape index (κ2) is 5.30. The predicted molar refractivity (Wildman–Crippen MR) is 80.4 cm³/mol. The molecule has 0 amide bonds. The van der Waals surface area contributed by atoms with Crippen LogP contribution in [0.1, 0.15) is 12.5 Å². The summed E-state index contributed by atoms with van der Waals surface area (Å²) in [7, 11) is 0. The number of nitrogens with zero attached hydrogens (tertiary/aromatic N) is 2. The van der Waals surface area contributed by atoms with E-state index in [9.17, 15) is 15.3 Å². The number of imidazole rings is 1. The summed E-state index contributed by atoms with van der Waals surface area (Å²) in [5.74, 6) is -0.192. The molecule has 1 heterocycles. The summed E-state index contributed by atoms with van der Waals surface area (Å²) in [4.78, 5) is 4.21. The maximum atomic E-state index is 10.2. The largest absolute Gasteiger partial charge is 0.396 e. The molecular formula is C13H15Cl2N3O3. The average molecular weight is 332 g/mol. The summed E-state index contributed by atoms with van der Waals surface area (Å²) in [6.45, 7) is -0.201. The van der Waals surface area contributed by atoms with Gasteiger partial charge >= 0.3 is 0 Å². The number of anilines is 1. The number of hydrogen-bond donors (Lipinski definition) is 4. The van der Waals surface area contributed by atoms with Gasteiger partial charge in [-0.2, -0.15) is 0 Å². The van der Waals surface area contributed by atoms with Gasteiger partial charge in [0.15, 0.2) is 0 Å². The third kappa shape index (κ3) is 2.27. The molecule has 0 saturated heterocycles. The van der Waals surface area contributed by atoms with Crippen molar-refractivity contribution in [2.75, 3.05) is 12.3 Å². The van der Waals surface area contributed by atoms with Crippen molar-refractivity contribution in [1.82, 2.24) is 9.55 Å². The van der Waals surface area contributed by atoms with Crippen LogP contribution in [0.3, 0.4) is 0 Å². The second-order valence-electron chi connectivity index (χ2n) is 5.32. The van der Waals surface area contributed by atoms with Crippen LogP contribution in [-0.4, -0.2) is 43.7 Å². The van der Waals surface area contributed by atoms with Gasteiger partial charge in [-0.3, -0.25) is 0 Å². The first-order valence-corrected chi connectivity index (χ1v) is 7.29. The van der Waals surface area contributed by atoms with Crippen molar-refractivity contribution in [3.05, 3.63) is 22.2 Å². The Hall–Kier alpha value is -1.05. The Bertz CT molecular complexity index is 691. The Balaban J connectivity index is 2.12.